The first-order chi connectivity index (χ1) is 6.61. The number of hydrogen-bond acceptors (Lipinski definition) is 3. The first-order valence-electron chi connectivity index (χ1n) is 5.59. The van der Waals surface area contributed by atoms with Crippen LogP contribution in [0.25, 0.3) is 0 Å². The minimum absolute atomic E-state index is 0.550. The molecule has 1 N–H and O–H groups in total. The Morgan fingerprint density at radius 1 is 1.50 bits per heavy atom. The first-order valence-corrected chi connectivity index (χ1v) is 6.57. The van der Waals surface area contributed by atoms with Gasteiger partial charge in [0.2, 0.25) is 0 Å². The maximum atomic E-state index is 4.62. The van der Waals surface area contributed by atoms with Gasteiger partial charge in [-0.05, 0) is 25.7 Å². The molecule has 0 spiro atoms. The van der Waals surface area contributed by atoms with Crippen LogP contribution in [0.15, 0.2) is 4.99 Å². The van der Waals surface area contributed by atoms with Crippen LogP contribution in [0.3, 0.4) is 0 Å². The smallest absolute Gasteiger partial charge is 0.157 e. The molecule has 1 aliphatic heterocycles. The zero-order valence-corrected chi connectivity index (χ0v) is 10.5. The van der Waals surface area contributed by atoms with Crippen molar-refractivity contribution < 1.29 is 0 Å². The van der Waals surface area contributed by atoms with Gasteiger partial charge in [-0.3, -0.25) is 4.99 Å². The lowest BCUT2D eigenvalue weighted by Gasteiger charge is -2.16. The van der Waals surface area contributed by atoms with Crippen molar-refractivity contribution in [2.24, 2.45) is 10.9 Å². The standard InChI is InChI=1S/C11H22N2S/c1-5-10-7-14-11(13-10)12-9(4)6-8(2)3/h8-10H,5-7H2,1-4H3,(H,12,13). The lowest BCUT2D eigenvalue weighted by atomic mass is 10.1. The molecule has 0 bridgehead atoms. The van der Waals surface area contributed by atoms with Gasteiger partial charge in [0, 0.05) is 11.8 Å². The zero-order valence-electron chi connectivity index (χ0n) is 9.71. The molecule has 0 fully saturated rings. The Morgan fingerprint density at radius 3 is 2.71 bits per heavy atom. The molecule has 82 valence electrons. The fraction of sp³-hybridized carbons (Fsp3) is 0.909. The summed E-state index contributed by atoms with van der Waals surface area (Å²) in [6.07, 6.45) is 2.38. The second kappa shape index (κ2) is 5.64. The van der Waals surface area contributed by atoms with Crippen molar-refractivity contribution in [3.63, 3.8) is 0 Å². The van der Waals surface area contributed by atoms with Gasteiger partial charge in [0.05, 0.1) is 6.04 Å². The van der Waals surface area contributed by atoms with E-state index in [1.165, 1.54) is 6.42 Å². The minimum atomic E-state index is 0.550. The van der Waals surface area contributed by atoms with Gasteiger partial charge < -0.3 is 5.32 Å². The summed E-state index contributed by atoms with van der Waals surface area (Å²) in [6, 6.07) is 1.10. The fourth-order valence-corrected chi connectivity index (χ4v) is 2.85. The van der Waals surface area contributed by atoms with E-state index in [0.29, 0.717) is 12.1 Å². The Kier molecular flexibility index (Phi) is 4.79. The van der Waals surface area contributed by atoms with Crippen molar-refractivity contribution in [2.75, 3.05) is 5.75 Å². The second-order valence-corrected chi connectivity index (χ2v) is 5.49. The van der Waals surface area contributed by atoms with Crippen molar-refractivity contribution >= 4 is 16.9 Å². The highest BCUT2D eigenvalue weighted by Gasteiger charge is 2.17. The molecule has 2 unspecified atom stereocenters. The third kappa shape index (κ3) is 3.91. The van der Waals surface area contributed by atoms with Gasteiger partial charge in [-0.1, -0.05) is 32.5 Å². The monoisotopic (exact) mass is 214 g/mol. The fourth-order valence-electron chi connectivity index (χ4n) is 1.68. The van der Waals surface area contributed by atoms with E-state index in [0.717, 1.165) is 23.3 Å². The zero-order chi connectivity index (χ0) is 10.6. The van der Waals surface area contributed by atoms with E-state index < -0.39 is 0 Å². The second-order valence-electron chi connectivity index (χ2n) is 4.48. The molecule has 0 aliphatic carbocycles. The summed E-state index contributed by atoms with van der Waals surface area (Å²) in [5.41, 5.74) is 0. The van der Waals surface area contributed by atoms with Gasteiger partial charge in [-0.15, -0.1) is 0 Å². The Balaban J connectivity index is 2.30. The Labute approximate surface area is 92.0 Å². The van der Waals surface area contributed by atoms with Crippen LogP contribution in [0.1, 0.15) is 40.5 Å². The topological polar surface area (TPSA) is 24.4 Å². The number of aliphatic imine (C=N–C) groups is 1. The molecule has 1 aliphatic rings. The molecule has 0 aromatic rings. The van der Waals surface area contributed by atoms with E-state index in [1.54, 1.807) is 0 Å². The van der Waals surface area contributed by atoms with E-state index in [9.17, 15) is 0 Å². The van der Waals surface area contributed by atoms with E-state index >= 15 is 0 Å². The number of thioether (sulfide) groups is 1. The van der Waals surface area contributed by atoms with Crippen LogP contribution in [0.5, 0.6) is 0 Å². The summed E-state index contributed by atoms with van der Waals surface area (Å²) in [5, 5.41) is 4.64. The molecule has 14 heavy (non-hydrogen) atoms. The molecule has 1 rings (SSSR count). The van der Waals surface area contributed by atoms with E-state index in [2.05, 4.69) is 38.0 Å². The quantitative estimate of drug-likeness (QED) is 0.778. The molecule has 2 atom stereocenters. The SMILES string of the molecule is CCC1CSC(NC(C)CC(C)C)=N1. The van der Waals surface area contributed by atoms with Crippen LogP contribution in [0, 0.1) is 5.92 Å². The molecular weight excluding hydrogens is 192 g/mol. The number of amidine groups is 1. The van der Waals surface area contributed by atoms with Crippen molar-refractivity contribution in [1.29, 1.82) is 0 Å². The first kappa shape index (κ1) is 11.9. The molecular formula is C11H22N2S. The molecule has 0 aromatic heterocycles. The lowest BCUT2D eigenvalue weighted by molar-refractivity contribution is 0.492. The van der Waals surface area contributed by atoms with Crippen molar-refractivity contribution in [3.8, 4) is 0 Å². The number of hydrogen-bond donors (Lipinski definition) is 1. The molecule has 0 aromatic carbocycles. The summed E-state index contributed by atoms with van der Waals surface area (Å²) < 4.78 is 0. The van der Waals surface area contributed by atoms with E-state index in [4.69, 9.17) is 0 Å². The largest absolute Gasteiger partial charge is 0.362 e. The number of rotatable bonds is 4. The third-order valence-electron chi connectivity index (χ3n) is 2.38. The summed E-state index contributed by atoms with van der Waals surface area (Å²) in [6.45, 7) is 8.96. The van der Waals surface area contributed by atoms with Crippen molar-refractivity contribution in [2.45, 2.75) is 52.6 Å². The molecule has 3 heteroatoms. The van der Waals surface area contributed by atoms with Crippen LogP contribution in [-0.4, -0.2) is 23.0 Å². The van der Waals surface area contributed by atoms with Gasteiger partial charge in [-0.2, -0.15) is 0 Å². The maximum absolute atomic E-state index is 4.62. The number of nitrogens with zero attached hydrogens (tertiary/aromatic N) is 1. The molecule has 0 radical (unpaired) electrons. The Bertz CT molecular complexity index is 201. The highest BCUT2D eigenvalue weighted by Crippen LogP contribution is 2.19. The van der Waals surface area contributed by atoms with Crippen LogP contribution >= 0.6 is 11.8 Å². The number of nitrogens with one attached hydrogen (secondary N) is 1. The molecule has 0 saturated carbocycles. The predicted octanol–water partition coefficient (Wildman–Crippen LogP) is 2.89. The summed E-state index contributed by atoms with van der Waals surface area (Å²) in [7, 11) is 0. The Hall–Kier alpha value is -0.180. The van der Waals surface area contributed by atoms with Crippen LogP contribution < -0.4 is 5.32 Å². The predicted molar refractivity (Wildman–Crippen MR) is 66.0 cm³/mol. The van der Waals surface area contributed by atoms with E-state index in [1.807, 2.05) is 11.8 Å². The summed E-state index contributed by atoms with van der Waals surface area (Å²) in [4.78, 5) is 4.62. The average Bonchev–Trinajstić information content (AvgIpc) is 2.50. The average molecular weight is 214 g/mol. The maximum Gasteiger partial charge on any atom is 0.157 e. The lowest BCUT2D eigenvalue weighted by Crippen LogP contribution is -2.30. The van der Waals surface area contributed by atoms with Crippen molar-refractivity contribution in [3.05, 3.63) is 0 Å². The van der Waals surface area contributed by atoms with E-state index in [-0.39, 0.29) is 0 Å². The van der Waals surface area contributed by atoms with Gasteiger partial charge in [0.15, 0.2) is 5.17 Å². The molecule has 0 amide bonds. The van der Waals surface area contributed by atoms with Gasteiger partial charge in [0.25, 0.3) is 0 Å². The van der Waals surface area contributed by atoms with Gasteiger partial charge in [0.1, 0.15) is 0 Å². The summed E-state index contributed by atoms with van der Waals surface area (Å²) in [5.74, 6) is 1.92. The van der Waals surface area contributed by atoms with Gasteiger partial charge in [-0.25, -0.2) is 0 Å². The van der Waals surface area contributed by atoms with Crippen molar-refractivity contribution in [1.82, 2.24) is 5.32 Å². The Morgan fingerprint density at radius 2 is 2.21 bits per heavy atom. The molecule has 0 saturated heterocycles. The van der Waals surface area contributed by atoms with Crippen LogP contribution in [0.4, 0.5) is 0 Å². The highest BCUT2D eigenvalue weighted by molar-refractivity contribution is 8.14. The van der Waals surface area contributed by atoms with Crippen LogP contribution in [0.2, 0.25) is 0 Å². The normalized spacial score (nSPS) is 23.8. The summed E-state index contributed by atoms with van der Waals surface area (Å²) >= 11 is 1.87. The minimum Gasteiger partial charge on any atom is -0.362 e. The molecule has 2 nitrogen and oxygen atoms in total. The van der Waals surface area contributed by atoms with Gasteiger partial charge >= 0.3 is 0 Å². The highest BCUT2D eigenvalue weighted by atomic mass is 32.2. The third-order valence-corrected chi connectivity index (χ3v) is 3.43. The molecule has 1 heterocycles. The van der Waals surface area contributed by atoms with Crippen LogP contribution in [-0.2, 0) is 0 Å².